The highest BCUT2D eigenvalue weighted by molar-refractivity contribution is 5.88. The van der Waals surface area contributed by atoms with Gasteiger partial charge in [-0.25, -0.2) is 4.99 Å². The molecule has 2 saturated carbocycles. The lowest BCUT2D eigenvalue weighted by Gasteiger charge is -2.39. The number of nitrogens with zero attached hydrogens (tertiary/aromatic N) is 3. The van der Waals surface area contributed by atoms with Crippen LogP contribution in [0.15, 0.2) is 23.2 Å². The van der Waals surface area contributed by atoms with Crippen molar-refractivity contribution in [2.24, 2.45) is 28.7 Å². The maximum atomic E-state index is 13.7. The first-order valence-corrected chi connectivity index (χ1v) is 10.3. The minimum absolute atomic E-state index is 0.168. The lowest BCUT2D eigenvalue weighted by atomic mass is 9.68. The van der Waals surface area contributed by atoms with Crippen molar-refractivity contribution in [1.82, 2.24) is 4.90 Å². The van der Waals surface area contributed by atoms with E-state index in [0.717, 1.165) is 50.2 Å². The maximum Gasteiger partial charge on any atom is 0.418 e. The normalized spacial score (nSPS) is 30.3. The molecule has 5 rings (SSSR count). The first-order chi connectivity index (χ1) is 13.6. The highest BCUT2D eigenvalue weighted by atomic mass is 19.4. The molecular formula is C21H26F3N3O2. The monoisotopic (exact) mass is 409 g/mol. The van der Waals surface area contributed by atoms with Gasteiger partial charge < -0.3 is 4.90 Å². The Hall–Kier alpha value is -2.12. The number of alkyl halides is 3. The van der Waals surface area contributed by atoms with E-state index in [0.29, 0.717) is 29.9 Å². The van der Waals surface area contributed by atoms with Crippen molar-refractivity contribution in [3.05, 3.63) is 33.9 Å². The minimum Gasteiger partial charge on any atom is -0.357 e. The summed E-state index contributed by atoms with van der Waals surface area (Å²) in [5.74, 6) is 2.54. The summed E-state index contributed by atoms with van der Waals surface area (Å²) in [6.07, 6.45) is 0.664. The van der Waals surface area contributed by atoms with Gasteiger partial charge in [-0.2, -0.15) is 13.2 Å². The Morgan fingerprint density at radius 1 is 1.17 bits per heavy atom. The van der Waals surface area contributed by atoms with Gasteiger partial charge in [-0.05, 0) is 55.9 Å². The van der Waals surface area contributed by atoms with Gasteiger partial charge in [0.2, 0.25) is 0 Å². The second-order valence-electron chi connectivity index (χ2n) is 9.23. The SMILES string of the molecule is CC(C)CN1C(=Nc2ccc([N+](=O)[O-])cc2C(F)(F)F)C2CC3CC(C2)CC1C3. The average Bonchev–Trinajstić information content (AvgIpc) is 2.76. The predicted octanol–water partition coefficient (Wildman–Crippen LogP) is 5.81. The Bertz CT molecular complexity index is 823. The molecule has 2 aliphatic heterocycles. The Balaban J connectivity index is 1.81. The van der Waals surface area contributed by atoms with Crippen LogP contribution in [-0.4, -0.2) is 28.2 Å². The van der Waals surface area contributed by atoms with Gasteiger partial charge in [0.25, 0.3) is 5.69 Å². The van der Waals surface area contributed by atoms with E-state index < -0.39 is 22.4 Å². The Kier molecular flexibility index (Phi) is 5.07. The molecule has 0 spiro atoms. The molecule has 2 saturated heterocycles. The second-order valence-corrected chi connectivity index (χ2v) is 9.23. The number of non-ortho nitro benzene ring substituents is 1. The molecule has 2 aliphatic carbocycles. The molecule has 1 aromatic carbocycles. The summed E-state index contributed by atoms with van der Waals surface area (Å²) in [4.78, 5) is 17.0. The molecule has 0 aromatic heterocycles. The first-order valence-electron chi connectivity index (χ1n) is 10.3. The molecule has 0 N–H and O–H groups in total. The highest BCUT2D eigenvalue weighted by Crippen LogP contribution is 2.49. The van der Waals surface area contributed by atoms with E-state index in [1.165, 1.54) is 6.42 Å². The van der Waals surface area contributed by atoms with Gasteiger partial charge in [0.1, 0.15) is 5.84 Å². The molecular weight excluding hydrogens is 383 g/mol. The quantitative estimate of drug-likeness (QED) is 0.466. The molecule has 2 atom stereocenters. The van der Waals surface area contributed by atoms with Crippen LogP contribution in [0.5, 0.6) is 0 Å². The minimum atomic E-state index is -4.70. The van der Waals surface area contributed by atoms with Crippen molar-refractivity contribution < 1.29 is 18.1 Å². The molecule has 4 bridgehead atoms. The van der Waals surface area contributed by atoms with Crippen LogP contribution in [0, 0.1) is 33.8 Å². The lowest BCUT2D eigenvalue weighted by Crippen LogP contribution is -2.43. The van der Waals surface area contributed by atoms with Crippen LogP contribution in [0.1, 0.15) is 51.5 Å². The summed E-state index contributed by atoms with van der Waals surface area (Å²) in [6.45, 7) is 4.99. The third-order valence-corrected chi connectivity index (χ3v) is 6.51. The molecule has 1 aromatic rings. The van der Waals surface area contributed by atoms with E-state index in [1.54, 1.807) is 0 Å². The molecule has 158 valence electrons. The number of hydrogen-bond donors (Lipinski definition) is 0. The van der Waals surface area contributed by atoms with Crippen LogP contribution >= 0.6 is 0 Å². The summed E-state index contributed by atoms with van der Waals surface area (Å²) in [5.41, 5.74) is -1.82. The van der Waals surface area contributed by atoms with Crippen molar-refractivity contribution in [3.8, 4) is 0 Å². The maximum absolute atomic E-state index is 13.7. The molecule has 4 fully saturated rings. The van der Waals surface area contributed by atoms with E-state index in [9.17, 15) is 23.3 Å². The van der Waals surface area contributed by atoms with Gasteiger partial charge in [-0.15, -0.1) is 0 Å². The number of nitro groups is 1. The van der Waals surface area contributed by atoms with Crippen molar-refractivity contribution in [3.63, 3.8) is 0 Å². The van der Waals surface area contributed by atoms with E-state index in [2.05, 4.69) is 23.7 Å². The van der Waals surface area contributed by atoms with Crippen molar-refractivity contribution in [2.75, 3.05) is 6.54 Å². The van der Waals surface area contributed by atoms with Gasteiger partial charge >= 0.3 is 6.18 Å². The average molecular weight is 409 g/mol. The topological polar surface area (TPSA) is 58.7 Å². The van der Waals surface area contributed by atoms with Crippen LogP contribution < -0.4 is 0 Å². The van der Waals surface area contributed by atoms with Crippen molar-refractivity contribution >= 4 is 17.2 Å². The fourth-order valence-electron chi connectivity index (χ4n) is 5.58. The molecule has 8 heteroatoms. The number of benzene rings is 1. The van der Waals surface area contributed by atoms with Gasteiger partial charge in [0.15, 0.2) is 0 Å². The van der Waals surface area contributed by atoms with Crippen LogP contribution in [0.2, 0.25) is 0 Å². The Morgan fingerprint density at radius 3 is 2.38 bits per heavy atom. The van der Waals surface area contributed by atoms with Crippen LogP contribution in [0.3, 0.4) is 0 Å². The van der Waals surface area contributed by atoms with Crippen LogP contribution in [-0.2, 0) is 6.18 Å². The summed E-state index contributed by atoms with van der Waals surface area (Å²) < 4.78 is 41.0. The fraction of sp³-hybridized carbons (Fsp3) is 0.667. The van der Waals surface area contributed by atoms with Gasteiger partial charge in [-0.3, -0.25) is 10.1 Å². The van der Waals surface area contributed by atoms with Crippen molar-refractivity contribution in [1.29, 1.82) is 0 Å². The second kappa shape index (κ2) is 7.29. The Labute approximate surface area is 168 Å². The standard InChI is InChI=1S/C21H26F3N3O2/c1-12(2)11-26-17-8-13-5-14(9-17)7-15(6-13)20(26)25-19-4-3-16(27(28)29)10-18(19)21(22,23)24/h3-4,10,12-15,17H,5-9,11H2,1-2H3. The number of fused-ring (bicyclic) bond motifs is 1. The van der Waals surface area contributed by atoms with Crippen LogP contribution in [0.4, 0.5) is 24.5 Å². The molecule has 0 radical (unpaired) electrons. The van der Waals surface area contributed by atoms with Gasteiger partial charge in [-0.1, -0.05) is 13.8 Å². The third kappa shape index (κ3) is 3.98. The number of aliphatic imine (C=N–C) groups is 1. The smallest absolute Gasteiger partial charge is 0.357 e. The lowest BCUT2D eigenvalue weighted by molar-refractivity contribution is -0.385. The highest BCUT2D eigenvalue weighted by Gasteiger charge is 2.46. The van der Waals surface area contributed by atoms with E-state index in [1.807, 2.05) is 0 Å². The number of halogens is 3. The summed E-state index contributed by atoms with van der Waals surface area (Å²) >= 11 is 0. The van der Waals surface area contributed by atoms with Crippen molar-refractivity contribution in [2.45, 2.75) is 58.2 Å². The van der Waals surface area contributed by atoms with E-state index in [4.69, 9.17) is 0 Å². The van der Waals surface area contributed by atoms with Gasteiger partial charge in [0, 0.05) is 30.6 Å². The Morgan fingerprint density at radius 2 is 1.83 bits per heavy atom. The number of rotatable bonds is 4. The summed E-state index contributed by atoms with van der Waals surface area (Å²) in [5, 5.41) is 11.0. The summed E-state index contributed by atoms with van der Waals surface area (Å²) in [7, 11) is 0. The number of amidine groups is 1. The zero-order chi connectivity index (χ0) is 20.9. The molecule has 2 heterocycles. The molecule has 0 amide bonds. The molecule has 4 aliphatic rings. The van der Waals surface area contributed by atoms with Gasteiger partial charge in [0.05, 0.1) is 16.2 Å². The number of hydrogen-bond acceptors (Lipinski definition) is 3. The number of nitro benzene ring substituents is 1. The van der Waals surface area contributed by atoms with E-state index in [-0.39, 0.29) is 11.6 Å². The summed E-state index contributed by atoms with van der Waals surface area (Å²) in [6, 6.07) is 3.20. The molecule has 5 nitrogen and oxygen atoms in total. The molecule has 29 heavy (non-hydrogen) atoms. The van der Waals surface area contributed by atoms with Crippen LogP contribution in [0.25, 0.3) is 0 Å². The van der Waals surface area contributed by atoms with E-state index >= 15 is 0 Å². The zero-order valence-corrected chi connectivity index (χ0v) is 16.7. The largest absolute Gasteiger partial charge is 0.418 e. The fourth-order valence-corrected chi connectivity index (χ4v) is 5.58. The predicted molar refractivity (Wildman–Crippen MR) is 104 cm³/mol. The zero-order valence-electron chi connectivity index (χ0n) is 16.7. The molecule has 2 unspecified atom stereocenters. The third-order valence-electron chi connectivity index (χ3n) is 6.51. The first kappa shape index (κ1) is 20.2.